The van der Waals surface area contributed by atoms with E-state index in [9.17, 15) is 9.59 Å². The van der Waals surface area contributed by atoms with Crippen LogP contribution in [0.25, 0.3) is 0 Å². The fourth-order valence-corrected chi connectivity index (χ4v) is 4.82. The zero-order chi connectivity index (χ0) is 17.1. The van der Waals surface area contributed by atoms with Gasteiger partial charge in [-0.05, 0) is 37.5 Å². The minimum absolute atomic E-state index is 0.0466. The molecule has 1 saturated heterocycles. The smallest absolute Gasteiger partial charge is 0.325 e. The number of imide groups is 1. The molecule has 1 saturated carbocycles. The van der Waals surface area contributed by atoms with Crippen molar-refractivity contribution >= 4 is 34.6 Å². The molecule has 2 atom stereocenters. The van der Waals surface area contributed by atoms with Crippen molar-refractivity contribution in [1.29, 1.82) is 0 Å². The maximum absolute atomic E-state index is 12.6. The number of carbonyl (C=O) groups excluding carboxylic acids is 2. The Hall–Kier alpha value is -1.20. The summed E-state index contributed by atoms with van der Waals surface area (Å²) in [4.78, 5) is 26.4. The van der Waals surface area contributed by atoms with Gasteiger partial charge in [0.25, 0.3) is 5.24 Å². The molecule has 1 heterocycles. The van der Waals surface area contributed by atoms with Crippen LogP contribution >= 0.6 is 23.4 Å². The first-order valence-electron chi connectivity index (χ1n) is 8.62. The number of carbonyl (C=O) groups is 2. The average Bonchev–Trinajstić information content (AvgIpc) is 2.73. The molecule has 1 aliphatic heterocycles. The minimum Gasteiger partial charge on any atom is -0.335 e. The number of nitrogens with zero attached hydrogens (tertiary/aromatic N) is 1. The van der Waals surface area contributed by atoms with Gasteiger partial charge in [-0.15, -0.1) is 0 Å². The van der Waals surface area contributed by atoms with E-state index in [-0.39, 0.29) is 28.6 Å². The summed E-state index contributed by atoms with van der Waals surface area (Å²) in [6.45, 7) is 1.93. The van der Waals surface area contributed by atoms with Crippen molar-refractivity contribution in [2.75, 3.05) is 0 Å². The van der Waals surface area contributed by atoms with E-state index in [1.807, 2.05) is 31.2 Å². The van der Waals surface area contributed by atoms with E-state index >= 15 is 0 Å². The van der Waals surface area contributed by atoms with Gasteiger partial charge in [0.1, 0.15) is 0 Å². The first kappa shape index (κ1) is 17.6. The first-order valence-corrected chi connectivity index (χ1v) is 9.88. The van der Waals surface area contributed by atoms with Crippen LogP contribution in [0.1, 0.15) is 56.3 Å². The predicted octanol–water partition coefficient (Wildman–Crippen LogP) is 5.37. The van der Waals surface area contributed by atoms with Gasteiger partial charge in [-0.1, -0.05) is 61.2 Å². The standard InChI is InChI=1S/C18H23ClN2O2S/c1-12-16(13-8-10-14(19)11-9-13)24-18(23)21(12)17(22)20-15-6-4-2-3-5-7-15/h8-12,15-16H,2-7H2,1H3,(H,20,22)/t12-,16+/m0/s1. The van der Waals surface area contributed by atoms with Crippen LogP contribution < -0.4 is 5.32 Å². The fourth-order valence-electron chi connectivity index (χ4n) is 3.50. The molecule has 1 aliphatic carbocycles. The predicted molar refractivity (Wildman–Crippen MR) is 98.5 cm³/mol. The normalized spacial score (nSPS) is 25.6. The molecule has 0 aromatic heterocycles. The number of hydrogen-bond donors (Lipinski definition) is 1. The molecule has 6 heteroatoms. The number of rotatable bonds is 2. The lowest BCUT2D eigenvalue weighted by molar-refractivity contribution is 0.186. The van der Waals surface area contributed by atoms with Crippen molar-refractivity contribution in [3.63, 3.8) is 0 Å². The number of amides is 3. The van der Waals surface area contributed by atoms with Crippen LogP contribution in [-0.2, 0) is 0 Å². The molecular weight excluding hydrogens is 344 g/mol. The number of hydrogen-bond acceptors (Lipinski definition) is 3. The summed E-state index contributed by atoms with van der Waals surface area (Å²) in [7, 11) is 0. The van der Waals surface area contributed by atoms with Gasteiger partial charge in [-0.3, -0.25) is 9.69 Å². The Bertz CT molecular complexity index is 600. The average molecular weight is 367 g/mol. The lowest BCUT2D eigenvalue weighted by Gasteiger charge is -2.25. The van der Waals surface area contributed by atoms with E-state index in [2.05, 4.69) is 5.32 Å². The number of urea groups is 1. The highest BCUT2D eigenvalue weighted by atomic mass is 35.5. The van der Waals surface area contributed by atoms with Gasteiger partial charge in [0, 0.05) is 11.1 Å². The molecule has 130 valence electrons. The van der Waals surface area contributed by atoms with Gasteiger partial charge in [0.2, 0.25) is 0 Å². The Kier molecular flexibility index (Phi) is 5.72. The van der Waals surface area contributed by atoms with Crippen molar-refractivity contribution in [3.05, 3.63) is 34.9 Å². The van der Waals surface area contributed by atoms with E-state index < -0.39 is 0 Å². The van der Waals surface area contributed by atoms with Gasteiger partial charge in [-0.25, -0.2) is 4.79 Å². The number of nitrogens with one attached hydrogen (secondary N) is 1. The highest BCUT2D eigenvalue weighted by Gasteiger charge is 2.42. The van der Waals surface area contributed by atoms with Crippen LogP contribution in [-0.4, -0.2) is 28.3 Å². The molecule has 2 aliphatic rings. The van der Waals surface area contributed by atoms with Crippen LogP contribution in [0, 0.1) is 0 Å². The largest absolute Gasteiger partial charge is 0.335 e. The SMILES string of the molecule is C[C@H]1[C@H](c2ccc(Cl)cc2)SC(=O)N1C(=O)NC1CCCCCC1. The molecule has 1 N–H and O–H groups in total. The van der Waals surface area contributed by atoms with Gasteiger partial charge >= 0.3 is 6.03 Å². The molecule has 0 bridgehead atoms. The summed E-state index contributed by atoms with van der Waals surface area (Å²) in [5.41, 5.74) is 1.02. The van der Waals surface area contributed by atoms with Crippen molar-refractivity contribution < 1.29 is 9.59 Å². The summed E-state index contributed by atoms with van der Waals surface area (Å²) in [5, 5.41) is 3.53. The molecule has 0 radical (unpaired) electrons. The quantitative estimate of drug-likeness (QED) is 0.715. The first-order chi connectivity index (χ1) is 11.6. The number of halogens is 1. The number of benzene rings is 1. The van der Waals surface area contributed by atoms with Gasteiger partial charge < -0.3 is 5.32 Å². The van der Waals surface area contributed by atoms with Crippen LogP contribution in [0.2, 0.25) is 5.02 Å². The van der Waals surface area contributed by atoms with E-state index in [4.69, 9.17) is 11.6 Å². The summed E-state index contributed by atoms with van der Waals surface area (Å²) < 4.78 is 0. The zero-order valence-electron chi connectivity index (χ0n) is 13.8. The summed E-state index contributed by atoms with van der Waals surface area (Å²) >= 11 is 7.15. The Morgan fingerprint density at radius 2 is 1.79 bits per heavy atom. The second kappa shape index (κ2) is 7.79. The van der Waals surface area contributed by atoms with Crippen molar-refractivity contribution in [2.24, 2.45) is 0 Å². The van der Waals surface area contributed by atoms with Crippen LogP contribution in [0.3, 0.4) is 0 Å². The molecular formula is C18H23ClN2O2S. The highest BCUT2D eigenvalue weighted by Crippen LogP contribution is 2.43. The highest BCUT2D eigenvalue weighted by molar-refractivity contribution is 8.14. The second-order valence-electron chi connectivity index (χ2n) is 6.60. The molecule has 3 amide bonds. The molecule has 0 spiro atoms. The van der Waals surface area contributed by atoms with Crippen molar-refractivity contribution in [3.8, 4) is 0 Å². The molecule has 0 unspecified atom stereocenters. The zero-order valence-corrected chi connectivity index (χ0v) is 15.4. The summed E-state index contributed by atoms with van der Waals surface area (Å²) in [6.07, 6.45) is 6.79. The minimum atomic E-state index is -0.247. The van der Waals surface area contributed by atoms with Crippen molar-refractivity contribution in [1.82, 2.24) is 10.2 Å². The second-order valence-corrected chi connectivity index (χ2v) is 8.13. The van der Waals surface area contributed by atoms with Crippen LogP contribution in [0.15, 0.2) is 24.3 Å². The number of thioether (sulfide) groups is 1. The Labute approximate surface area is 152 Å². The van der Waals surface area contributed by atoms with E-state index in [0.29, 0.717) is 5.02 Å². The molecule has 1 aromatic carbocycles. The molecule has 2 fully saturated rings. The maximum atomic E-state index is 12.6. The maximum Gasteiger partial charge on any atom is 0.325 e. The summed E-state index contributed by atoms with van der Waals surface area (Å²) in [5.74, 6) is 0. The van der Waals surface area contributed by atoms with Gasteiger partial charge in [-0.2, -0.15) is 0 Å². The molecule has 4 nitrogen and oxygen atoms in total. The van der Waals surface area contributed by atoms with E-state index in [1.54, 1.807) is 0 Å². The third-order valence-corrected chi connectivity index (χ3v) is 6.44. The lowest BCUT2D eigenvalue weighted by Crippen LogP contribution is -2.47. The molecule has 3 rings (SSSR count). The monoisotopic (exact) mass is 366 g/mol. The van der Waals surface area contributed by atoms with E-state index in [0.717, 1.165) is 31.2 Å². The Morgan fingerprint density at radius 3 is 2.42 bits per heavy atom. The van der Waals surface area contributed by atoms with Gasteiger partial charge in [0.05, 0.1) is 11.3 Å². The van der Waals surface area contributed by atoms with Crippen LogP contribution in [0.5, 0.6) is 0 Å². The fraction of sp³-hybridized carbons (Fsp3) is 0.556. The molecule has 24 heavy (non-hydrogen) atoms. The topological polar surface area (TPSA) is 49.4 Å². The molecule has 1 aromatic rings. The van der Waals surface area contributed by atoms with Gasteiger partial charge in [0.15, 0.2) is 0 Å². The summed E-state index contributed by atoms with van der Waals surface area (Å²) in [6, 6.07) is 7.27. The van der Waals surface area contributed by atoms with Crippen molar-refractivity contribution in [2.45, 2.75) is 62.8 Å². The van der Waals surface area contributed by atoms with E-state index in [1.165, 1.54) is 29.5 Å². The Morgan fingerprint density at radius 1 is 1.17 bits per heavy atom. The Balaban J connectivity index is 1.67. The third-order valence-electron chi connectivity index (χ3n) is 4.87. The van der Waals surface area contributed by atoms with Crippen LogP contribution in [0.4, 0.5) is 9.59 Å². The third kappa shape index (κ3) is 3.89. The lowest BCUT2D eigenvalue weighted by atomic mass is 10.1.